The van der Waals surface area contributed by atoms with Crippen LogP contribution >= 0.6 is 0 Å². The first kappa shape index (κ1) is 17.3. The molecule has 1 saturated carbocycles. The Labute approximate surface area is 124 Å². The molecule has 1 aliphatic carbocycles. The second-order valence-corrected chi connectivity index (χ2v) is 6.82. The zero-order chi connectivity index (χ0) is 15.0. The fraction of sp³-hybridized carbons (Fsp3) is 0.938. The summed E-state index contributed by atoms with van der Waals surface area (Å²) < 4.78 is 0. The van der Waals surface area contributed by atoms with E-state index in [1.54, 1.807) is 0 Å². The third-order valence-electron chi connectivity index (χ3n) is 4.10. The van der Waals surface area contributed by atoms with Gasteiger partial charge in [0.2, 0.25) is 0 Å². The normalized spacial score (nSPS) is 19.6. The SMILES string of the molecule is CCNC(=NCC1(CC(C)C)CCC1)NCC(C)CO. The molecule has 0 radical (unpaired) electrons. The van der Waals surface area contributed by atoms with Gasteiger partial charge < -0.3 is 15.7 Å². The third-order valence-corrected chi connectivity index (χ3v) is 4.10. The van der Waals surface area contributed by atoms with Gasteiger partial charge in [-0.15, -0.1) is 0 Å². The lowest BCUT2D eigenvalue weighted by molar-refractivity contribution is 0.111. The second kappa shape index (κ2) is 8.50. The average molecular weight is 283 g/mol. The van der Waals surface area contributed by atoms with Crippen molar-refractivity contribution < 1.29 is 5.11 Å². The first-order valence-electron chi connectivity index (χ1n) is 8.14. The molecule has 118 valence electrons. The molecule has 4 heteroatoms. The van der Waals surface area contributed by atoms with Crippen LogP contribution in [0.3, 0.4) is 0 Å². The number of aliphatic imine (C=N–C) groups is 1. The molecule has 0 amide bonds. The molecular weight excluding hydrogens is 250 g/mol. The Kier molecular flexibility index (Phi) is 7.35. The van der Waals surface area contributed by atoms with E-state index in [0.29, 0.717) is 5.41 Å². The highest BCUT2D eigenvalue weighted by molar-refractivity contribution is 5.79. The van der Waals surface area contributed by atoms with Gasteiger partial charge in [-0.3, -0.25) is 4.99 Å². The molecule has 1 aliphatic rings. The first-order valence-corrected chi connectivity index (χ1v) is 8.14. The smallest absolute Gasteiger partial charge is 0.191 e. The van der Waals surface area contributed by atoms with Gasteiger partial charge in [0.25, 0.3) is 0 Å². The van der Waals surface area contributed by atoms with Crippen molar-refractivity contribution in [3.63, 3.8) is 0 Å². The Hall–Kier alpha value is -0.770. The van der Waals surface area contributed by atoms with Crippen LogP contribution in [0.2, 0.25) is 0 Å². The van der Waals surface area contributed by atoms with E-state index in [-0.39, 0.29) is 12.5 Å². The standard InChI is InChI=1S/C16H33N3O/c1-5-17-15(18-10-14(4)11-20)19-12-16(7-6-8-16)9-13(2)3/h13-14,20H,5-12H2,1-4H3,(H2,17,18,19). The molecule has 3 N–H and O–H groups in total. The van der Waals surface area contributed by atoms with Crippen LogP contribution in [0, 0.1) is 17.3 Å². The molecule has 1 rings (SSSR count). The van der Waals surface area contributed by atoms with Gasteiger partial charge in [0.05, 0.1) is 0 Å². The van der Waals surface area contributed by atoms with Gasteiger partial charge in [-0.1, -0.05) is 27.2 Å². The van der Waals surface area contributed by atoms with Crippen LogP contribution in [0.1, 0.15) is 53.4 Å². The highest BCUT2D eigenvalue weighted by atomic mass is 16.3. The number of guanidine groups is 1. The van der Waals surface area contributed by atoms with Gasteiger partial charge in [0, 0.05) is 26.2 Å². The van der Waals surface area contributed by atoms with Crippen molar-refractivity contribution in [2.45, 2.75) is 53.4 Å². The maximum Gasteiger partial charge on any atom is 0.191 e. The molecule has 0 heterocycles. The summed E-state index contributed by atoms with van der Waals surface area (Å²) in [6.45, 7) is 11.5. The van der Waals surface area contributed by atoms with Crippen molar-refractivity contribution in [1.29, 1.82) is 0 Å². The van der Waals surface area contributed by atoms with E-state index in [2.05, 4.69) is 31.4 Å². The van der Waals surface area contributed by atoms with Crippen LogP contribution in [-0.2, 0) is 0 Å². The summed E-state index contributed by atoms with van der Waals surface area (Å²) >= 11 is 0. The zero-order valence-corrected chi connectivity index (χ0v) is 13.7. The summed E-state index contributed by atoms with van der Waals surface area (Å²) in [4.78, 5) is 4.78. The van der Waals surface area contributed by atoms with Crippen LogP contribution in [0.25, 0.3) is 0 Å². The monoisotopic (exact) mass is 283 g/mol. The summed E-state index contributed by atoms with van der Waals surface area (Å²) in [7, 11) is 0. The van der Waals surface area contributed by atoms with Crippen LogP contribution in [-0.4, -0.2) is 37.3 Å². The number of hydrogen-bond acceptors (Lipinski definition) is 2. The van der Waals surface area contributed by atoms with Crippen molar-refractivity contribution in [2.24, 2.45) is 22.2 Å². The summed E-state index contributed by atoms with van der Waals surface area (Å²) in [5, 5.41) is 15.7. The molecule has 1 unspecified atom stereocenters. The molecule has 1 atom stereocenters. The Morgan fingerprint density at radius 2 is 1.95 bits per heavy atom. The molecule has 20 heavy (non-hydrogen) atoms. The van der Waals surface area contributed by atoms with Crippen molar-refractivity contribution in [3.8, 4) is 0 Å². The van der Waals surface area contributed by atoms with E-state index in [9.17, 15) is 0 Å². The lowest BCUT2D eigenvalue weighted by atomic mass is 9.64. The van der Waals surface area contributed by atoms with Gasteiger partial charge in [-0.2, -0.15) is 0 Å². The summed E-state index contributed by atoms with van der Waals surface area (Å²) in [6, 6.07) is 0. The molecule has 0 aromatic carbocycles. The summed E-state index contributed by atoms with van der Waals surface area (Å²) in [6.07, 6.45) is 5.28. The first-order chi connectivity index (χ1) is 9.51. The maximum atomic E-state index is 9.08. The van der Waals surface area contributed by atoms with Crippen molar-refractivity contribution in [2.75, 3.05) is 26.2 Å². The van der Waals surface area contributed by atoms with Crippen molar-refractivity contribution >= 4 is 5.96 Å². The van der Waals surface area contributed by atoms with Crippen LogP contribution in [0.5, 0.6) is 0 Å². The minimum Gasteiger partial charge on any atom is -0.396 e. The molecule has 4 nitrogen and oxygen atoms in total. The Morgan fingerprint density at radius 3 is 2.40 bits per heavy atom. The minimum atomic E-state index is 0.212. The quantitative estimate of drug-likeness (QED) is 0.473. The van der Waals surface area contributed by atoms with Gasteiger partial charge in [0.1, 0.15) is 0 Å². The largest absolute Gasteiger partial charge is 0.396 e. The Morgan fingerprint density at radius 1 is 1.25 bits per heavy atom. The zero-order valence-electron chi connectivity index (χ0n) is 13.7. The van der Waals surface area contributed by atoms with Gasteiger partial charge in [0.15, 0.2) is 5.96 Å². The topological polar surface area (TPSA) is 56.7 Å². The van der Waals surface area contributed by atoms with Crippen LogP contribution in [0.4, 0.5) is 0 Å². The predicted octanol–water partition coefficient (Wildman–Crippen LogP) is 2.39. The lowest BCUT2D eigenvalue weighted by Gasteiger charge is -2.42. The van der Waals surface area contributed by atoms with Crippen LogP contribution < -0.4 is 10.6 Å². The third kappa shape index (κ3) is 5.70. The fourth-order valence-electron chi connectivity index (χ4n) is 2.89. The average Bonchev–Trinajstić information content (AvgIpc) is 2.37. The number of nitrogens with zero attached hydrogens (tertiary/aromatic N) is 1. The number of rotatable bonds is 8. The molecule has 1 fully saturated rings. The fourth-order valence-corrected chi connectivity index (χ4v) is 2.89. The lowest BCUT2D eigenvalue weighted by Crippen LogP contribution is -2.42. The Balaban J connectivity index is 2.52. The highest BCUT2D eigenvalue weighted by Gasteiger charge is 2.37. The Bertz CT molecular complexity index is 298. The molecule has 0 aromatic rings. The minimum absolute atomic E-state index is 0.212. The van der Waals surface area contributed by atoms with E-state index in [4.69, 9.17) is 10.1 Å². The van der Waals surface area contributed by atoms with Gasteiger partial charge in [-0.05, 0) is 43.4 Å². The van der Waals surface area contributed by atoms with E-state index < -0.39 is 0 Å². The molecule has 0 aliphatic heterocycles. The maximum absolute atomic E-state index is 9.08. The van der Waals surface area contributed by atoms with Crippen molar-refractivity contribution in [3.05, 3.63) is 0 Å². The summed E-state index contributed by atoms with van der Waals surface area (Å²) in [5.41, 5.74) is 0.444. The second-order valence-electron chi connectivity index (χ2n) is 6.82. The highest BCUT2D eigenvalue weighted by Crippen LogP contribution is 2.46. The van der Waals surface area contributed by atoms with Crippen LogP contribution in [0.15, 0.2) is 4.99 Å². The van der Waals surface area contributed by atoms with E-state index >= 15 is 0 Å². The van der Waals surface area contributed by atoms with E-state index in [1.165, 1.54) is 25.7 Å². The van der Waals surface area contributed by atoms with Gasteiger partial charge in [-0.25, -0.2) is 0 Å². The van der Waals surface area contributed by atoms with E-state index in [1.807, 2.05) is 6.92 Å². The molecule has 0 saturated heterocycles. The molecular formula is C16H33N3O. The summed E-state index contributed by atoms with van der Waals surface area (Å²) in [5.74, 6) is 1.89. The number of hydrogen-bond donors (Lipinski definition) is 3. The van der Waals surface area contributed by atoms with Crippen molar-refractivity contribution in [1.82, 2.24) is 10.6 Å². The molecule has 0 spiro atoms. The van der Waals surface area contributed by atoms with Gasteiger partial charge >= 0.3 is 0 Å². The number of aliphatic hydroxyl groups excluding tert-OH is 1. The number of nitrogens with one attached hydrogen (secondary N) is 2. The molecule has 0 bridgehead atoms. The number of aliphatic hydroxyl groups is 1. The predicted molar refractivity (Wildman–Crippen MR) is 86.0 cm³/mol. The van der Waals surface area contributed by atoms with E-state index in [0.717, 1.165) is 31.5 Å². The molecule has 0 aromatic heterocycles.